The number of fused-ring (bicyclic) bond motifs is 7. The van der Waals surface area contributed by atoms with Gasteiger partial charge in [-0.05, 0) is 99.2 Å². The van der Waals surface area contributed by atoms with Gasteiger partial charge in [-0.3, -0.25) is 9.59 Å². The van der Waals surface area contributed by atoms with Gasteiger partial charge in [0.15, 0.2) is 0 Å². The molecule has 17 atom stereocenters. The number of allylic oxidation sites excluding steroid dienone is 1. The number of aliphatic hydroxyl groups is 7. The minimum atomic E-state index is -1.75. The summed E-state index contributed by atoms with van der Waals surface area (Å²) in [5, 5.41) is 85.9. The van der Waals surface area contributed by atoms with Crippen LogP contribution in [0, 0.1) is 50.7 Å². The first-order valence-corrected chi connectivity index (χ1v) is 17.7. The van der Waals surface area contributed by atoms with Crippen molar-refractivity contribution < 1.29 is 59.9 Å². The first kappa shape index (κ1) is 36.2. The van der Waals surface area contributed by atoms with Crippen molar-refractivity contribution in [2.24, 2.45) is 50.7 Å². The fourth-order valence-corrected chi connectivity index (χ4v) is 12.3. The van der Waals surface area contributed by atoms with Crippen LogP contribution in [0.4, 0.5) is 0 Å². The molecule has 1 saturated heterocycles. The highest BCUT2D eigenvalue weighted by Crippen LogP contribution is 2.76. The number of carbonyl (C=O) groups is 2. The number of hydrogen-bond donors (Lipinski definition) is 8. The van der Waals surface area contributed by atoms with Gasteiger partial charge in [0.05, 0.1) is 35.2 Å². The minimum Gasteiger partial charge on any atom is -0.481 e. The van der Waals surface area contributed by atoms with Gasteiger partial charge < -0.3 is 50.3 Å². The topological polar surface area (TPSA) is 214 Å². The van der Waals surface area contributed by atoms with Crippen LogP contribution in [-0.2, 0) is 19.1 Å². The fourth-order valence-electron chi connectivity index (χ4n) is 12.3. The predicted molar refractivity (Wildman–Crippen MR) is 170 cm³/mol. The molecule has 12 nitrogen and oxygen atoms in total. The van der Waals surface area contributed by atoms with Gasteiger partial charge in [0.2, 0.25) is 6.29 Å². The van der Waals surface area contributed by atoms with E-state index in [0.29, 0.717) is 44.9 Å². The third-order valence-electron chi connectivity index (χ3n) is 15.6. The number of carboxylic acid groups (broad SMARTS) is 1. The number of aliphatic hydroxyl groups excluding tert-OH is 6. The van der Waals surface area contributed by atoms with Crippen LogP contribution in [-0.4, -0.2) is 108 Å². The molecule has 1 heterocycles. The lowest BCUT2D eigenvalue weighted by molar-refractivity contribution is -0.299. The first-order valence-electron chi connectivity index (χ1n) is 17.7. The number of aliphatic carboxylic acids is 1. The molecule has 0 aromatic carbocycles. The summed E-state index contributed by atoms with van der Waals surface area (Å²) in [4.78, 5) is 27.2. The summed E-state index contributed by atoms with van der Waals surface area (Å²) < 4.78 is 11.4. The van der Waals surface area contributed by atoms with E-state index in [-0.39, 0.29) is 24.2 Å². The van der Waals surface area contributed by atoms with E-state index in [2.05, 4.69) is 26.8 Å². The average Bonchev–Trinajstić information content (AvgIpc) is 3.02. The van der Waals surface area contributed by atoms with Crippen LogP contribution in [0.25, 0.3) is 0 Å². The molecule has 0 amide bonds. The van der Waals surface area contributed by atoms with Gasteiger partial charge in [-0.1, -0.05) is 39.3 Å². The van der Waals surface area contributed by atoms with E-state index in [9.17, 15) is 50.4 Å². The Morgan fingerprint density at radius 3 is 2.21 bits per heavy atom. The number of carbonyl (C=O) groups excluding carboxylic acids is 1. The lowest BCUT2D eigenvalue weighted by Crippen LogP contribution is -2.70. The van der Waals surface area contributed by atoms with Crippen molar-refractivity contribution >= 4 is 11.9 Å². The molecule has 0 bridgehead atoms. The number of esters is 1. The van der Waals surface area contributed by atoms with E-state index in [1.807, 2.05) is 6.92 Å². The largest absolute Gasteiger partial charge is 0.481 e. The van der Waals surface area contributed by atoms with Gasteiger partial charge >= 0.3 is 11.9 Å². The van der Waals surface area contributed by atoms with Crippen molar-refractivity contribution in [2.75, 3.05) is 6.61 Å². The van der Waals surface area contributed by atoms with Crippen LogP contribution in [0.3, 0.4) is 0 Å². The average molecular weight is 681 g/mol. The Labute approximate surface area is 282 Å². The molecule has 6 rings (SSSR count). The van der Waals surface area contributed by atoms with Gasteiger partial charge in [-0.2, -0.15) is 0 Å². The highest BCUT2D eigenvalue weighted by atomic mass is 16.7. The molecule has 1 aliphatic heterocycles. The van der Waals surface area contributed by atoms with E-state index in [4.69, 9.17) is 9.47 Å². The summed E-state index contributed by atoms with van der Waals surface area (Å²) in [7, 11) is 0. The lowest BCUT2D eigenvalue weighted by atomic mass is 9.33. The van der Waals surface area contributed by atoms with Crippen molar-refractivity contribution in [1.82, 2.24) is 0 Å². The summed E-state index contributed by atoms with van der Waals surface area (Å²) in [5.74, 6) is -3.01. The SMILES string of the molecule is C[C@@H]1CC[C@]2(C(=O)OC3OC(CO)C(O)C(O)C3O)CC[C@]3(C)C(=CCC4[C@@]5(C)C[C@@H](O)[C@H](O)[C@@](C)(C(=O)O)C5CC[C@]43C)C2[C@]1(C)O. The Balaban J connectivity index is 1.41. The van der Waals surface area contributed by atoms with Crippen molar-refractivity contribution in [3.8, 4) is 0 Å². The third kappa shape index (κ3) is 4.49. The van der Waals surface area contributed by atoms with Gasteiger partial charge in [0.25, 0.3) is 0 Å². The zero-order valence-corrected chi connectivity index (χ0v) is 29.0. The van der Waals surface area contributed by atoms with Gasteiger partial charge in [-0.15, -0.1) is 0 Å². The van der Waals surface area contributed by atoms with Gasteiger partial charge in [-0.25, -0.2) is 0 Å². The molecule has 12 heteroatoms. The molecule has 48 heavy (non-hydrogen) atoms. The highest BCUT2D eigenvalue weighted by molar-refractivity contribution is 5.79. The van der Waals surface area contributed by atoms with Crippen molar-refractivity contribution in [2.45, 2.75) is 141 Å². The van der Waals surface area contributed by atoms with Crippen LogP contribution >= 0.6 is 0 Å². The molecule has 272 valence electrons. The van der Waals surface area contributed by atoms with Crippen LogP contribution in [0.2, 0.25) is 0 Å². The fraction of sp³-hybridized carbons (Fsp3) is 0.889. The molecular weight excluding hydrogens is 624 g/mol. The Hall–Kier alpha value is -1.64. The van der Waals surface area contributed by atoms with Crippen LogP contribution in [0.1, 0.15) is 92.9 Å². The number of rotatable bonds is 4. The summed E-state index contributed by atoms with van der Waals surface area (Å²) in [6.07, 6.45) is -4.43. The van der Waals surface area contributed by atoms with Crippen molar-refractivity contribution in [3.05, 3.63) is 11.6 Å². The summed E-state index contributed by atoms with van der Waals surface area (Å²) in [6.45, 7) is 11.2. The predicted octanol–water partition coefficient (Wildman–Crippen LogP) is 1.50. The first-order chi connectivity index (χ1) is 22.2. The Morgan fingerprint density at radius 1 is 0.917 bits per heavy atom. The normalized spacial score (nSPS) is 56.4. The molecule has 6 aliphatic rings. The maximum absolute atomic E-state index is 14.5. The van der Waals surface area contributed by atoms with Crippen LogP contribution in [0.15, 0.2) is 11.6 Å². The number of ether oxygens (including phenoxy) is 2. The number of hydrogen-bond acceptors (Lipinski definition) is 11. The zero-order chi connectivity index (χ0) is 35.6. The van der Waals surface area contributed by atoms with Gasteiger partial charge in [0.1, 0.15) is 24.4 Å². The van der Waals surface area contributed by atoms with Crippen molar-refractivity contribution in [1.29, 1.82) is 0 Å². The van der Waals surface area contributed by atoms with E-state index >= 15 is 0 Å². The van der Waals surface area contributed by atoms with E-state index < -0.39 is 100 Å². The summed E-state index contributed by atoms with van der Waals surface area (Å²) in [6, 6.07) is 0. The molecule has 8 unspecified atom stereocenters. The third-order valence-corrected chi connectivity index (χ3v) is 15.6. The van der Waals surface area contributed by atoms with Gasteiger partial charge in [0, 0.05) is 5.92 Å². The molecule has 0 spiro atoms. The maximum atomic E-state index is 14.5. The molecule has 5 fully saturated rings. The minimum absolute atomic E-state index is 0.0437. The Bertz CT molecular complexity index is 1350. The second-order valence-corrected chi connectivity index (χ2v) is 17.5. The Kier molecular flexibility index (Phi) is 8.61. The smallest absolute Gasteiger partial charge is 0.315 e. The summed E-state index contributed by atoms with van der Waals surface area (Å²) >= 11 is 0. The summed E-state index contributed by atoms with van der Waals surface area (Å²) in [5.41, 5.74) is -4.57. The quantitative estimate of drug-likeness (QED) is 0.157. The molecule has 8 N–H and O–H groups in total. The maximum Gasteiger partial charge on any atom is 0.315 e. The zero-order valence-electron chi connectivity index (χ0n) is 29.0. The molecule has 0 aromatic rings. The van der Waals surface area contributed by atoms with E-state index in [1.54, 1.807) is 13.8 Å². The van der Waals surface area contributed by atoms with E-state index in [0.717, 1.165) is 5.57 Å². The monoisotopic (exact) mass is 680 g/mol. The highest BCUT2D eigenvalue weighted by Gasteiger charge is 2.73. The van der Waals surface area contributed by atoms with Crippen LogP contribution in [0.5, 0.6) is 0 Å². The number of carboxylic acids is 1. The Morgan fingerprint density at radius 2 is 1.58 bits per heavy atom. The molecule has 0 aromatic heterocycles. The second kappa shape index (κ2) is 11.4. The van der Waals surface area contributed by atoms with E-state index in [1.165, 1.54) is 0 Å². The molecule has 0 radical (unpaired) electrons. The van der Waals surface area contributed by atoms with Crippen LogP contribution < -0.4 is 0 Å². The van der Waals surface area contributed by atoms with Crippen molar-refractivity contribution in [3.63, 3.8) is 0 Å². The molecule has 5 aliphatic carbocycles. The molecular formula is C36H56O12. The molecule has 4 saturated carbocycles. The standard InChI is InChI=1S/C36H56O12/c1-17-9-12-36(30(45)48-28-25(41)24(40)23(39)20(16-37)47-28)14-13-32(3)18(26(36)35(17,6)46)7-8-21-31(2)15-19(38)27(42)34(5,29(43)44)22(31)10-11-33(21,32)4/h7,17,19-28,37-42,46H,8-16H2,1-6H3,(H,43,44)/t17-,19-,20?,21?,22?,23?,24?,25?,26?,27+,28?,31-,32-,33-,34+,35-,36+/m1/s1. The lowest BCUT2D eigenvalue weighted by Gasteiger charge is -2.71. The second-order valence-electron chi connectivity index (χ2n) is 17.5.